The predicted molar refractivity (Wildman–Crippen MR) is 90.9 cm³/mol. The van der Waals surface area contributed by atoms with Crippen molar-refractivity contribution in [2.75, 3.05) is 6.54 Å². The van der Waals surface area contributed by atoms with Gasteiger partial charge in [0.2, 0.25) is 0 Å². The smallest absolute Gasteiger partial charge is 0.134 e. The first-order chi connectivity index (χ1) is 10.2. The normalized spacial score (nSPS) is 12.7. The van der Waals surface area contributed by atoms with Crippen LogP contribution in [0.2, 0.25) is 0 Å². The maximum absolute atomic E-state index is 13.3. The Balaban J connectivity index is 2.06. The van der Waals surface area contributed by atoms with Crippen molar-refractivity contribution in [1.82, 2.24) is 5.32 Å². The van der Waals surface area contributed by atoms with Crippen LogP contribution in [0.25, 0.3) is 11.0 Å². The van der Waals surface area contributed by atoms with Gasteiger partial charge in [-0.25, -0.2) is 4.39 Å². The van der Waals surface area contributed by atoms with Crippen LogP contribution in [0.4, 0.5) is 4.39 Å². The molecule has 0 fully saturated rings. The van der Waals surface area contributed by atoms with E-state index in [1.165, 1.54) is 15.7 Å². The van der Waals surface area contributed by atoms with Gasteiger partial charge in [0, 0.05) is 8.96 Å². The summed E-state index contributed by atoms with van der Waals surface area (Å²) in [5.41, 5.74) is 1.85. The summed E-state index contributed by atoms with van der Waals surface area (Å²) in [4.78, 5) is 0. The van der Waals surface area contributed by atoms with Gasteiger partial charge < -0.3 is 9.73 Å². The number of hydrogen-bond acceptors (Lipinski definition) is 2. The van der Waals surface area contributed by atoms with Crippen molar-refractivity contribution in [3.05, 3.63) is 69.2 Å². The third kappa shape index (κ3) is 3.11. The van der Waals surface area contributed by atoms with Crippen LogP contribution in [0.5, 0.6) is 0 Å². The van der Waals surface area contributed by atoms with Gasteiger partial charge in [-0.3, -0.25) is 0 Å². The zero-order chi connectivity index (χ0) is 14.8. The van der Waals surface area contributed by atoms with Gasteiger partial charge in [0.1, 0.15) is 17.2 Å². The Morgan fingerprint density at radius 2 is 2.05 bits per heavy atom. The van der Waals surface area contributed by atoms with Gasteiger partial charge in [-0.2, -0.15) is 0 Å². The van der Waals surface area contributed by atoms with E-state index in [9.17, 15) is 4.39 Å². The molecule has 1 atom stereocenters. The van der Waals surface area contributed by atoms with E-state index in [1.54, 1.807) is 6.07 Å². The zero-order valence-electron chi connectivity index (χ0n) is 11.6. The van der Waals surface area contributed by atoms with Crippen molar-refractivity contribution in [2.45, 2.75) is 13.0 Å². The summed E-state index contributed by atoms with van der Waals surface area (Å²) >= 11 is 2.30. The highest BCUT2D eigenvalue weighted by Crippen LogP contribution is 2.29. The van der Waals surface area contributed by atoms with Crippen LogP contribution in [0.15, 0.2) is 52.9 Å². The van der Waals surface area contributed by atoms with Gasteiger partial charge in [-0.05, 0) is 71.1 Å². The monoisotopic (exact) mass is 395 g/mol. The van der Waals surface area contributed by atoms with E-state index < -0.39 is 0 Å². The first-order valence-corrected chi connectivity index (χ1v) is 7.93. The fourth-order valence-electron chi connectivity index (χ4n) is 2.45. The Bertz CT molecular complexity index is 768. The Morgan fingerprint density at radius 3 is 2.81 bits per heavy atom. The molecule has 0 saturated carbocycles. The first-order valence-electron chi connectivity index (χ1n) is 6.85. The molecule has 0 aliphatic rings. The fraction of sp³-hybridized carbons (Fsp3) is 0.176. The second-order valence-corrected chi connectivity index (χ2v) is 6.12. The zero-order valence-corrected chi connectivity index (χ0v) is 13.7. The summed E-state index contributed by atoms with van der Waals surface area (Å²) in [5.74, 6) is 0.559. The minimum absolute atomic E-state index is 0.0276. The quantitative estimate of drug-likeness (QED) is 0.638. The first kappa shape index (κ1) is 14.5. The van der Waals surface area contributed by atoms with Gasteiger partial charge in [-0.15, -0.1) is 0 Å². The average Bonchev–Trinajstić information content (AvgIpc) is 2.87. The van der Waals surface area contributed by atoms with E-state index in [4.69, 9.17) is 4.42 Å². The van der Waals surface area contributed by atoms with Crippen LogP contribution in [0.1, 0.15) is 24.3 Å². The van der Waals surface area contributed by atoms with E-state index in [2.05, 4.69) is 53.0 Å². The number of benzene rings is 2. The summed E-state index contributed by atoms with van der Waals surface area (Å²) in [6, 6.07) is 14.8. The molecule has 2 aromatic carbocycles. The number of nitrogens with one attached hydrogen (secondary N) is 1. The summed E-state index contributed by atoms with van der Waals surface area (Å²) in [6.45, 7) is 2.88. The van der Waals surface area contributed by atoms with E-state index >= 15 is 0 Å². The van der Waals surface area contributed by atoms with Crippen molar-refractivity contribution >= 4 is 33.6 Å². The van der Waals surface area contributed by atoms with Crippen molar-refractivity contribution in [3.63, 3.8) is 0 Å². The van der Waals surface area contributed by atoms with Gasteiger partial charge in [0.05, 0.1) is 6.04 Å². The van der Waals surface area contributed by atoms with Crippen LogP contribution in [-0.4, -0.2) is 6.54 Å². The molecule has 1 heterocycles. The number of furan rings is 1. The maximum atomic E-state index is 13.3. The van der Waals surface area contributed by atoms with Crippen LogP contribution in [-0.2, 0) is 0 Å². The maximum Gasteiger partial charge on any atom is 0.134 e. The van der Waals surface area contributed by atoms with Crippen LogP contribution in [0, 0.1) is 9.39 Å². The molecule has 3 aromatic rings. The minimum Gasteiger partial charge on any atom is -0.459 e. The molecule has 3 rings (SSSR count). The minimum atomic E-state index is -0.246. The highest BCUT2D eigenvalue weighted by Gasteiger charge is 2.18. The molecule has 4 heteroatoms. The predicted octanol–water partition coefficient (Wildman–Crippen LogP) is 4.88. The van der Waals surface area contributed by atoms with Gasteiger partial charge >= 0.3 is 0 Å². The van der Waals surface area contributed by atoms with Crippen LogP contribution >= 0.6 is 22.6 Å². The molecule has 108 valence electrons. The molecule has 0 saturated heterocycles. The topological polar surface area (TPSA) is 25.2 Å². The second-order valence-electron chi connectivity index (χ2n) is 4.88. The third-order valence-electron chi connectivity index (χ3n) is 3.37. The van der Waals surface area contributed by atoms with Crippen molar-refractivity contribution in [2.24, 2.45) is 0 Å². The summed E-state index contributed by atoms with van der Waals surface area (Å²) in [5, 5.41) is 4.22. The lowest BCUT2D eigenvalue weighted by atomic mass is 10.0. The standard InChI is InChI=1S/C17H15FINO/c1-2-20-17(11-4-3-5-14(19)9-11)16-10-12-8-13(18)6-7-15(12)21-16/h3-10,17,20H,2H2,1H3. The molecule has 0 aliphatic carbocycles. The van der Waals surface area contributed by atoms with E-state index in [0.29, 0.717) is 5.58 Å². The largest absolute Gasteiger partial charge is 0.459 e. The average molecular weight is 395 g/mol. The molecule has 1 N–H and O–H groups in total. The van der Waals surface area contributed by atoms with Crippen molar-refractivity contribution in [3.8, 4) is 0 Å². The molecular weight excluding hydrogens is 380 g/mol. The third-order valence-corrected chi connectivity index (χ3v) is 4.04. The number of fused-ring (bicyclic) bond motifs is 1. The van der Waals surface area contributed by atoms with Crippen LogP contribution in [0.3, 0.4) is 0 Å². The molecule has 2 nitrogen and oxygen atoms in total. The van der Waals surface area contributed by atoms with E-state index in [0.717, 1.165) is 23.3 Å². The molecule has 0 radical (unpaired) electrons. The molecule has 1 aromatic heterocycles. The fourth-order valence-corrected chi connectivity index (χ4v) is 3.02. The molecule has 0 bridgehead atoms. The van der Waals surface area contributed by atoms with E-state index in [-0.39, 0.29) is 11.9 Å². The molecule has 0 amide bonds. The van der Waals surface area contributed by atoms with Crippen LogP contribution < -0.4 is 5.32 Å². The van der Waals surface area contributed by atoms with Gasteiger partial charge in [0.15, 0.2) is 0 Å². The summed E-state index contributed by atoms with van der Waals surface area (Å²) in [6.07, 6.45) is 0. The highest BCUT2D eigenvalue weighted by molar-refractivity contribution is 14.1. The van der Waals surface area contributed by atoms with Gasteiger partial charge in [0.25, 0.3) is 0 Å². The molecule has 21 heavy (non-hydrogen) atoms. The second kappa shape index (κ2) is 6.15. The lowest BCUT2D eigenvalue weighted by Crippen LogP contribution is -2.21. The lowest BCUT2D eigenvalue weighted by Gasteiger charge is -2.16. The molecule has 0 aliphatic heterocycles. The summed E-state index contributed by atoms with van der Waals surface area (Å²) in [7, 11) is 0. The number of hydrogen-bond donors (Lipinski definition) is 1. The van der Waals surface area contributed by atoms with Crippen molar-refractivity contribution < 1.29 is 8.81 Å². The Hall–Kier alpha value is -1.40. The number of halogens is 2. The van der Waals surface area contributed by atoms with E-state index in [1.807, 2.05) is 12.1 Å². The number of rotatable bonds is 4. The Kier molecular flexibility index (Phi) is 4.26. The Labute approximate surface area is 136 Å². The van der Waals surface area contributed by atoms with Gasteiger partial charge in [-0.1, -0.05) is 19.1 Å². The highest BCUT2D eigenvalue weighted by atomic mass is 127. The lowest BCUT2D eigenvalue weighted by molar-refractivity contribution is 0.477. The summed E-state index contributed by atoms with van der Waals surface area (Å²) < 4.78 is 20.4. The molecular formula is C17H15FINO. The molecule has 0 spiro atoms. The SMILES string of the molecule is CCNC(c1cccc(I)c1)c1cc2cc(F)ccc2o1. The van der Waals surface area contributed by atoms with Crippen molar-refractivity contribution in [1.29, 1.82) is 0 Å². The Morgan fingerprint density at radius 1 is 1.19 bits per heavy atom. The molecule has 1 unspecified atom stereocenters.